The molecule has 0 aliphatic carbocycles. The molecule has 0 spiro atoms. The van der Waals surface area contributed by atoms with Gasteiger partial charge in [0.05, 0.1) is 23.6 Å². The van der Waals surface area contributed by atoms with E-state index < -0.39 is 33.0 Å². The van der Waals surface area contributed by atoms with Crippen LogP contribution in [0, 0.1) is 0 Å². The van der Waals surface area contributed by atoms with E-state index in [0.717, 1.165) is 0 Å². The predicted molar refractivity (Wildman–Crippen MR) is 112 cm³/mol. The van der Waals surface area contributed by atoms with Crippen LogP contribution in [0.1, 0.15) is 78.5 Å². The minimum absolute atomic E-state index is 0.0271. The van der Waals surface area contributed by atoms with Gasteiger partial charge in [-0.2, -0.15) is 0 Å². The second kappa shape index (κ2) is 9.04. The summed E-state index contributed by atoms with van der Waals surface area (Å²) in [4.78, 5) is 29.0. The van der Waals surface area contributed by atoms with E-state index in [4.69, 9.17) is 13.9 Å². The van der Waals surface area contributed by atoms with Gasteiger partial charge in [-0.15, -0.1) is 0 Å². The highest BCUT2D eigenvalue weighted by Gasteiger charge is 2.28. The maximum absolute atomic E-state index is 12.4. The third-order valence-corrected chi connectivity index (χ3v) is 5.21. The summed E-state index contributed by atoms with van der Waals surface area (Å²) in [5, 5.41) is 2.71. The highest BCUT2D eigenvalue weighted by Crippen LogP contribution is 2.30. The standard InChI is InChI=1S/C20H34N2O5Si/c1-10-25-16(23)15-13(21-17(24)26-18(2,3)4)11-12-14(22-15)20(8,9)27-28-19(5,6)7/h11-12H,10,28H2,1-9H3,(H,21,24). The fourth-order valence-electron chi connectivity index (χ4n) is 2.13. The zero-order valence-electron chi connectivity index (χ0n) is 18.6. The van der Waals surface area contributed by atoms with Crippen molar-refractivity contribution in [1.82, 2.24) is 4.98 Å². The van der Waals surface area contributed by atoms with Crippen molar-refractivity contribution in [2.75, 3.05) is 11.9 Å². The van der Waals surface area contributed by atoms with E-state index in [1.807, 2.05) is 13.8 Å². The van der Waals surface area contributed by atoms with Crippen LogP contribution >= 0.6 is 0 Å². The number of ether oxygens (including phenoxy) is 2. The number of amides is 1. The van der Waals surface area contributed by atoms with Crippen molar-refractivity contribution in [3.63, 3.8) is 0 Å². The molecular formula is C20H34N2O5Si. The minimum Gasteiger partial charge on any atom is -0.461 e. The number of rotatable bonds is 6. The fourth-order valence-corrected chi connectivity index (χ4v) is 3.08. The van der Waals surface area contributed by atoms with E-state index in [1.54, 1.807) is 39.8 Å². The molecule has 1 rings (SSSR count). The molecule has 28 heavy (non-hydrogen) atoms. The van der Waals surface area contributed by atoms with E-state index in [9.17, 15) is 9.59 Å². The van der Waals surface area contributed by atoms with Gasteiger partial charge in [0.15, 0.2) is 15.5 Å². The Balaban J connectivity index is 3.19. The number of anilines is 1. The topological polar surface area (TPSA) is 86.8 Å². The third-order valence-electron chi connectivity index (χ3n) is 3.48. The highest BCUT2D eigenvalue weighted by atomic mass is 28.2. The molecule has 0 saturated heterocycles. The lowest BCUT2D eigenvalue weighted by molar-refractivity contribution is 0.0518. The van der Waals surface area contributed by atoms with E-state index in [2.05, 4.69) is 31.1 Å². The number of pyridine rings is 1. The second-order valence-electron chi connectivity index (χ2n) is 9.30. The van der Waals surface area contributed by atoms with Gasteiger partial charge < -0.3 is 13.9 Å². The lowest BCUT2D eigenvalue weighted by Gasteiger charge is -2.30. The lowest BCUT2D eigenvalue weighted by Crippen LogP contribution is -2.30. The summed E-state index contributed by atoms with van der Waals surface area (Å²) in [6.45, 7) is 17.5. The number of nitrogens with one attached hydrogen (secondary N) is 1. The Labute approximate surface area is 170 Å². The minimum atomic E-state index is -0.833. The molecule has 0 atom stereocenters. The van der Waals surface area contributed by atoms with Gasteiger partial charge in [0, 0.05) is 0 Å². The Kier molecular flexibility index (Phi) is 7.79. The number of hydrogen-bond donors (Lipinski definition) is 1. The first-order valence-electron chi connectivity index (χ1n) is 9.47. The van der Waals surface area contributed by atoms with Gasteiger partial charge in [-0.3, -0.25) is 5.32 Å². The largest absolute Gasteiger partial charge is 0.461 e. The van der Waals surface area contributed by atoms with Crippen molar-refractivity contribution < 1.29 is 23.5 Å². The first-order valence-corrected chi connectivity index (χ1v) is 10.8. The molecule has 0 fully saturated rings. The Morgan fingerprint density at radius 1 is 1.07 bits per heavy atom. The van der Waals surface area contributed by atoms with Crippen molar-refractivity contribution in [3.05, 3.63) is 23.5 Å². The average Bonchev–Trinajstić information content (AvgIpc) is 2.51. The van der Waals surface area contributed by atoms with Gasteiger partial charge in [0.1, 0.15) is 5.60 Å². The summed E-state index contributed by atoms with van der Waals surface area (Å²) in [7, 11) is -0.833. The number of esters is 1. The normalized spacial score (nSPS) is 12.9. The molecule has 8 heteroatoms. The summed E-state index contributed by atoms with van der Waals surface area (Å²) in [6.07, 6.45) is -0.664. The summed E-state index contributed by atoms with van der Waals surface area (Å²) in [5.74, 6) is -0.612. The van der Waals surface area contributed by atoms with E-state index in [1.165, 1.54) is 0 Å². The highest BCUT2D eigenvalue weighted by molar-refractivity contribution is 6.31. The van der Waals surface area contributed by atoms with Crippen molar-refractivity contribution >= 4 is 27.5 Å². The van der Waals surface area contributed by atoms with Crippen LogP contribution in [0.4, 0.5) is 10.5 Å². The van der Waals surface area contributed by atoms with Crippen LogP contribution in [-0.4, -0.2) is 39.0 Å². The molecule has 0 radical (unpaired) electrons. The van der Waals surface area contributed by atoms with Gasteiger partial charge in [0.2, 0.25) is 0 Å². The molecule has 0 bridgehead atoms. The first-order chi connectivity index (χ1) is 12.6. The molecule has 0 aromatic carbocycles. The van der Waals surface area contributed by atoms with Crippen molar-refractivity contribution in [2.45, 2.75) is 78.6 Å². The van der Waals surface area contributed by atoms with Crippen LogP contribution < -0.4 is 5.32 Å². The molecule has 1 N–H and O–H groups in total. The number of nitrogens with zero attached hydrogens (tertiary/aromatic N) is 1. The molecule has 0 aliphatic rings. The van der Waals surface area contributed by atoms with Crippen LogP contribution in [-0.2, 0) is 19.5 Å². The quantitative estimate of drug-likeness (QED) is 0.560. The molecule has 7 nitrogen and oxygen atoms in total. The molecule has 1 amide bonds. The van der Waals surface area contributed by atoms with Gasteiger partial charge in [-0.25, -0.2) is 14.6 Å². The first kappa shape index (κ1) is 24.1. The van der Waals surface area contributed by atoms with Crippen LogP contribution in [0.2, 0.25) is 5.04 Å². The maximum atomic E-state index is 12.4. The van der Waals surface area contributed by atoms with E-state index in [-0.39, 0.29) is 23.0 Å². The Hall–Kier alpha value is -1.93. The lowest BCUT2D eigenvalue weighted by atomic mass is 10.0. The molecule has 1 aromatic heterocycles. The number of carbonyl (C=O) groups is 2. The molecule has 0 saturated carbocycles. The Morgan fingerprint density at radius 3 is 2.18 bits per heavy atom. The predicted octanol–water partition coefficient (Wildman–Crippen LogP) is 4.16. The molecule has 158 valence electrons. The summed E-state index contributed by atoms with van der Waals surface area (Å²) in [5.41, 5.74) is -0.457. The van der Waals surface area contributed by atoms with Gasteiger partial charge >= 0.3 is 12.1 Å². The van der Waals surface area contributed by atoms with Gasteiger partial charge in [-0.1, -0.05) is 20.8 Å². The maximum Gasteiger partial charge on any atom is 0.412 e. The van der Waals surface area contributed by atoms with Crippen molar-refractivity contribution in [1.29, 1.82) is 0 Å². The number of aromatic nitrogens is 1. The third kappa shape index (κ3) is 7.98. The summed E-state index contributed by atoms with van der Waals surface area (Å²) >= 11 is 0. The molecule has 1 aromatic rings. The smallest absolute Gasteiger partial charge is 0.412 e. The Bertz CT molecular complexity index is 706. The second-order valence-corrected chi connectivity index (χ2v) is 12.0. The molecule has 0 unspecified atom stereocenters. The van der Waals surface area contributed by atoms with E-state index in [0.29, 0.717) is 5.69 Å². The van der Waals surface area contributed by atoms with E-state index >= 15 is 0 Å². The summed E-state index contributed by atoms with van der Waals surface area (Å²) in [6, 6.07) is 3.37. The Morgan fingerprint density at radius 2 is 1.68 bits per heavy atom. The zero-order valence-corrected chi connectivity index (χ0v) is 20.0. The average molecular weight is 411 g/mol. The van der Waals surface area contributed by atoms with Crippen molar-refractivity contribution in [3.8, 4) is 0 Å². The van der Waals surface area contributed by atoms with Crippen LogP contribution in [0.15, 0.2) is 12.1 Å². The van der Waals surface area contributed by atoms with Gasteiger partial charge in [0.25, 0.3) is 0 Å². The van der Waals surface area contributed by atoms with Crippen LogP contribution in [0.5, 0.6) is 0 Å². The van der Waals surface area contributed by atoms with Crippen molar-refractivity contribution in [2.24, 2.45) is 0 Å². The number of hydrogen-bond acceptors (Lipinski definition) is 6. The summed E-state index contributed by atoms with van der Waals surface area (Å²) < 4.78 is 16.5. The zero-order chi connectivity index (χ0) is 21.8. The van der Waals surface area contributed by atoms with Crippen LogP contribution in [0.25, 0.3) is 0 Å². The monoisotopic (exact) mass is 410 g/mol. The molecule has 1 heterocycles. The fraction of sp³-hybridized carbons (Fsp3) is 0.650. The van der Waals surface area contributed by atoms with Gasteiger partial charge in [-0.05, 0) is 58.7 Å². The number of carbonyl (C=O) groups excluding carboxylic acids is 2. The molecular weight excluding hydrogens is 376 g/mol. The SMILES string of the molecule is CCOC(=O)c1nc(C(C)(C)O[SiH2]C(C)(C)C)ccc1NC(=O)OC(C)(C)C. The van der Waals surface area contributed by atoms with Crippen LogP contribution in [0.3, 0.4) is 0 Å². The molecule has 0 aliphatic heterocycles.